The fourth-order valence-corrected chi connectivity index (χ4v) is 3.90. The number of anilines is 1. The van der Waals surface area contributed by atoms with Crippen molar-refractivity contribution in [3.8, 4) is 11.5 Å². The number of hydrogen-bond donors (Lipinski definition) is 1. The third-order valence-corrected chi connectivity index (χ3v) is 5.99. The average Bonchev–Trinajstić information content (AvgIpc) is 3.15. The molecule has 1 aromatic heterocycles. The van der Waals surface area contributed by atoms with Crippen molar-refractivity contribution in [2.45, 2.75) is 32.2 Å². The van der Waals surface area contributed by atoms with Gasteiger partial charge in [-0.15, -0.1) is 16.8 Å². The molecule has 0 bridgehead atoms. The number of nitrogens with one attached hydrogen (secondary N) is 1. The molecule has 0 aliphatic heterocycles. The number of hydrogen-bond acceptors (Lipinski definition) is 6. The van der Waals surface area contributed by atoms with E-state index in [1.165, 1.54) is 18.9 Å². The molecule has 7 nitrogen and oxygen atoms in total. The molecule has 0 saturated carbocycles. The third kappa shape index (κ3) is 5.83. The Hall–Kier alpha value is -2.97. The molecule has 1 heterocycles. The molecule has 2 aromatic carbocycles. The topological polar surface area (TPSA) is 78.3 Å². The monoisotopic (exact) mass is 472 g/mol. The van der Waals surface area contributed by atoms with Gasteiger partial charge in [0.05, 0.1) is 18.6 Å². The molecule has 0 spiro atoms. The van der Waals surface area contributed by atoms with Crippen molar-refractivity contribution in [2.75, 3.05) is 18.2 Å². The van der Waals surface area contributed by atoms with E-state index < -0.39 is 0 Å². The predicted molar refractivity (Wildman–Crippen MR) is 128 cm³/mol. The largest absolute Gasteiger partial charge is 0.495 e. The van der Waals surface area contributed by atoms with Gasteiger partial charge in [0.1, 0.15) is 18.1 Å². The van der Waals surface area contributed by atoms with Gasteiger partial charge in [-0.2, -0.15) is 0 Å². The van der Waals surface area contributed by atoms with Crippen molar-refractivity contribution in [1.29, 1.82) is 0 Å². The van der Waals surface area contributed by atoms with Crippen LogP contribution in [0.25, 0.3) is 0 Å². The lowest BCUT2D eigenvalue weighted by molar-refractivity contribution is -0.113. The average molecular weight is 473 g/mol. The Balaban J connectivity index is 1.66. The normalized spacial score (nSPS) is 10.6. The zero-order valence-corrected chi connectivity index (χ0v) is 19.8. The summed E-state index contributed by atoms with van der Waals surface area (Å²) < 4.78 is 13.1. The molecule has 1 amide bonds. The van der Waals surface area contributed by atoms with E-state index >= 15 is 0 Å². The standard InChI is InChI=1S/C23H25ClN4O3S/c1-5-11-28-21(13-31-19-8-6-7-15(2)16(19)3)26-27-23(28)32-14-22(29)25-18-12-17(24)9-10-20(18)30-4/h5-10,12H,1,11,13-14H2,2-4H3,(H,25,29). The van der Waals surface area contributed by atoms with Crippen LogP contribution < -0.4 is 14.8 Å². The van der Waals surface area contributed by atoms with E-state index in [-0.39, 0.29) is 18.3 Å². The van der Waals surface area contributed by atoms with Gasteiger partial charge >= 0.3 is 0 Å². The van der Waals surface area contributed by atoms with E-state index in [0.29, 0.717) is 34.0 Å². The van der Waals surface area contributed by atoms with E-state index in [1.807, 2.05) is 36.6 Å². The Labute approximate surface area is 196 Å². The molecule has 1 N–H and O–H groups in total. The van der Waals surface area contributed by atoms with Crippen molar-refractivity contribution >= 4 is 35.0 Å². The third-order valence-electron chi connectivity index (χ3n) is 4.78. The molecule has 0 saturated heterocycles. The maximum Gasteiger partial charge on any atom is 0.234 e. The van der Waals surface area contributed by atoms with Gasteiger partial charge in [0.2, 0.25) is 5.91 Å². The van der Waals surface area contributed by atoms with Crippen LogP contribution in [0.5, 0.6) is 11.5 Å². The van der Waals surface area contributed by atoms with Crippen LogP contribution in [0.4, 0.5) is 5.69 Å². The first-order chi connectivity index (χ1) is 15.4. The minimum Gasteiger partial charge on any atom is -0.495 e. The van der Waals surface area contributed by atoms with Crippen LogP contribution in [-0.4, -0.2) is 33.5 Å². The summed E-state index contributed by atoms with van der Waals surface area (Å²) in [4.78, 5) is 12.5. The first-order valence-electron chi connectivity index (χ1n) is 9.91. The number of amides is 1. The molecular weight excluding hydrogens is 448 g/mol. The Morgan fingerprint density at radius 2 is 2.06 bits per heavy atom. The smallest absolute Gasteiger partial charge is 0.234 e. The number of aromatic nitrogens is 3. The summed E-state index contributed by atoms with van der Waals surface area (Å²) in [7, 11) is 1.53. The highest BCUT2D eigenvalue weighted by Gasteiger charge is 2.16. The lowest BCUT2D eigenvalue weighted by atomic mass is 10.1. The van der Waals surface area contributed by atoms with E-state index in [0.717, 1.165) is 16.9 Å². The van der Waals surface area contributed by atoms with E-state index in [1.54, 1.807) is 24.3 Å². The second-order valence-corrected chi connectivity index (χ2v) is 8.35. The maximum atomic E-state index is 12.5. The van der Waals surface area contributed by atoms with E-state index in [4.69, 9.17) is 21.1 Å². The molecule has 9 heteroatoms. The van der Waals surface area contributed by atoms with Gasteiger partial charge in [-0.3, -0.25) is 9.36 Å². The maximum absolute atomic E-state index is 12.5. The van der Waals surface area contributed by atoms with Gasteiger partial charge < -0.3 is 14.8 Å². The van der Waals surface area contributed by atoms with Crippen LogP contribution in [0.2, 0.25) is 5.02 Å². The summed E-state index contributed by atoms with van der Waals surface area (Å²) in [5, 5.41) is 12.4. The lowest BCUT2D eigenvalue weighted by Gasteiger charge is -2.12. The Kier molecular flexibility index (Phi) is 8.19. The van der Waals surface area contributed by atoms with Crippen LogP contribution in [0.15, 0.2) is 54.2 Å². The number of ether oxygens (including phenoxy) is 2. The Morgan fingerprint density at radius 1 is 1.25 bits per heavy atom. The number of aryl methyl sites for hydroxylation is 1. The van der Waals surface area contributed by atoms with Gasteiger partial charge in [0.15, 0.2) is 11.0 Å². The van der Waals surface area contributed by atoms with Crippen LogP contribution in [-0.2, 0) is 17.9 Å². The SMILES string of the molecule is C=CCn1c(COc2cccc(C)c2C)nnc1SCC(=O)Nc1cc(Cl)ccc1OC. The number of nitrogens with zero attached hydrogens (tertiary/aromatic N) is 3. The predicted octanol–water partition coefficient (Wildman–Crippen LogP) is 5.05. The molecule has 0 aliphatic rings. The number of carbonyl (C=O) groups is 1. The van der Waals surface area contributed by atoms with Crippen molar-refractivity contribution in [2.24, 2.45) is 0 Å². The molecule has 0 atom stereocenters. The molecule has 0 aliphatic carbocycles. The molecule has 0 unspecified atom stereocenters. The first kappa shape index (κ1) is 23.7. The highest BCUT2D eigenvalue weighted by atomic mass is 35.5. The number of benzene rings is 2. The van der Waals surface area contributed by atoms with E-state index in [9.17, 15) is 4.79 Å². The quantitative estimate of drug-likeness (QED) is 0.328. The summed E-state index contributed by atoms with van der Waals surface area (Å²) in [6.07, 6.45) is 1.76. The van der Waals surface area contributed by atoms with Gasteiger partial charge in [0.25, 0.3) is 0 Å². The number of carbonyl (C=O) groups excluding carboxylic acids is 1. The molecule has 3 rings (SSSR count). The van der Waals surface area contributed by atoms with Crippen molar-refractivity contribution in [1.82, 2.24) is 14.8 Å². The number of rotatable bonds is 10. The number of allylic oxidation sites excluding steroid dienone is 1. The summed E-state index contributed by atoms with van der Waals surface area (Å²) in [6.45, 7) is 8.64. The molecule has 0 radical (unpaired) electrons. The van der Waals surface area contributed by atoms with Gasteiger partial charge in [-0.1, -0.05) is 41.6 Å². The summed E-state index contributed by atoms with van der Waals surface area (Å²) in [5.74, 6) is 1.93. The minimum absolute atomic E-state index is 0.142. The lowest BCUT2D eigenvalue weighted by Crippen LogP contribution is -2.15. The Bertz CT molecular complexity index is 1120. The summed E-state index contributed by atoms with van der Waals surface area (Å²) >= 11 is 7.31. The summed E-state index contributed by atoms with van der Waals surface area (Å²) in [5.41, 5.74) is 2.76. The molecular formula is C23H25ClN4O3S. The van der Waals surface area contributed by atoms with E-state index in [2.05, 4.69) is 22.1 Å². The van der Waals surface area contributed by atoms with Crippen molar-refractivity contribution in [3.05, 3.63) is 71.0 Å². The molecule has 3 aromatic rings. The van der Waals surface area contributed by atoms with Crippen LogP contribution in [0, 0.1) is 13.8 Å². The van der Waals surface area contributed by atoms with Crippen LogP contribution >= 0.6 is 23.4 Å². The molecule has 32 heavy (non-hydrogen) atoms. The number of methoxy groups -OCH3 is 1. The van der Waals surface area contributed by atoms with Crippen molar-refractivity contribution in [3.63, 3.8) is 0 Å². The second-order valence-electron chi connectivity index (χ2n) is 6.97. The van der Waals surface area contributed by atoms with Crippen molar-refractivity contribution < 1.29 is 14.3 Å². The summed E-state index contributed by atoms with van der Waals surface area (Å²) in [6, 6.07) is 11.0. The highest BCUT2D eigenvalue weighted by molar-refractivity contribution is 7.99. The second kappa shape index (κ2) is 11.1. The zero-order chi connectivity index (χ0) is 23.1. The number of thioether (sulfide) groups is 1. The van der Waals surface area contributed by atoms with Gasteiger partial charge in [-0.05, 0) is 49.2 Å². The van der Waals surface area contributed by atoms with Crippen LogP contribution in [0.1, 0.15) is 17.0 Å². The van der Waals surface area contributed by atoms with Gasteiger partial charge in [0, 0.05) is 11.6 Å². The zero-order valence-electron chi connectivity index (χ0n) is 18.2. The molecule has 0 fully saturated rings. The Morgan fingerprint density at radius 3 is 2.81 bits per heavy atom. The fourth-order valence-electron chi connectivity index (χ4n) is 2.96. The fraction of sp³-hybridized carbons (Fsp3) is 0.261. The van der Waals surface area contributed by atoms with Crippen LogP contribution in [0.3, 0.4) is 0 Å². The highest BCUT2D eigenvalue weighted by Crippen LogP contribution is 2.28. The minimum atomic E-state index is -0.211. The number of halogens is 1. The molecule has 168 valence electrons. The van der Waals surface area contributed by atoms with Gasteiger partial charge in [-0.25, -0.2) is 0 Å². The first-order valence-corrected chi connectivity index (χ1v) is 11.3.